The van der Waals surface area contributed by atoms with Gasteiger partial charge >= 0.3 is 5.97 Å². The van der Waals surface area contributed by atoms with Gasteiger partial charge in [-0.05, 0) is 77.3 Å². The number of hydrogen-bond acceptors (Lipinski definition) is 7. The van der Waals surface area contributed by atoms with Gasteiger partial charge in [0.15, 0.2) is 5.58 Å². The molecule has 8 nitrogen and oxygen atoms in total. The predicted octanol–water partition coefficient (Wildman–Crippen LogP) is 8.92. The van der Waals surface area contributed by atoms with Crippen molar-refractivity contribution in [1.29, 1.82) is 0 Å². The van der Waals surface area contributed by atoms with Gasteiger partial charge in [-0.15, -0.1) is 4.91 Å². The highest BCUT2D eigenvalue weighted by Gasteiger charge is 2.22. The van der Waals surface area contributed by atoms with Crippen LogP contribution in [0.1, 0.15) is 33.8 Å². The lowest BCUT2D eigenvalue weighted by atomic mass is 9.88. The van der Waals surface area contributed by atoms with Gasteiger partial charge in [0.05, 0.1) is 29.3 Å². The number of nitrogens with zero attached hydrogens (tertiary/aromatic N) is 4. The van der Waals surface area contributed by atoms with Crippen molar-refractivity contribution in [2.75, 3.05) is 7.11 Å². The Balaban J connectivity index is 1.35. The molecule has 7 rings (SSSR count). The third-order valence-corrected chi connectivity index (χ3v) is 8.09. The van der Waals surface area contributed by atoms with Crippen molar-refractivity contribution in [2.45, 2.75) is 18.9 Å². The van der Waals surface area contributed by atoms with Crippen LogP contribution in [0.4, 0.5) is 5.69 Å². The van der Waals surface area contributed by atoms with E-state index in [9.17, 15) is 9.70 Å². The number of oxazole rings is 1. The number of imidazole rings is 1. The molecule has 0 N–H and O–H groups in total. The zero-order chi connectivity index (χ0) is 30.8. The number of hydrogen-bond donors (Lipinski definition) is 0. The molecule has 0 radical (unpaired) electrons. The first-order valence-electron chi connectivity index (χ1n) is 14.6. The van der Waals surface area contributed by atoms with Gasteiger partial charge in [-0.1, -0.05) is 66.7 Å². The summed E-state index contributed by atoms with van der Waals surface area (Å²) in [7, 11) is 1.37. The standard InChI is InChI=1S/C37H28N4O4/c1-44-37(42)27-17-20-33-32(23-27)38-35(41(33)22-21-29(24-9-4-2-5-10-24)25-11-6-3-7-12-25)30-13-8-14-31-34(30)45-36(39-31)26-15-18-28(40-43)19-16-26/h2-20,23,29H,21-22H2,1H3. The van der Waals surface area contributed by atoms with Crippen LogP contribution in [-0.2, 0) is 11.3 Å². The predicted molar refractivity (Wildman–Crippen MR) is 174 cm³/mol. The Bertz CT molecular complexity index is 2100. The number of fused-ring (bicyclic) bond motifs is 2. The Morgan fingerprint density at radius 2 is 1.53 bits per heavy atom. The molecule has 7 aromatic rings. The molecule has 45 heavy (non-hydrogen) atoms. The SMILES string of the molecule is COC(=O)c1ccc2c(c1)nc(-c1cccc3nc(-c4ccc(N=O)cc4)oc13)n2CCC(c1ccccc1)c1ccccc1. The number of ether oxygens (including phenoxy) is 1. The van der Waals surface area contributed by atoms with Crippen molar-refractivity contribution in [2.24, 2.45) is 5.18 Å². The summed E-state index contributed by atoms with van der Waals surface area (Å²) in [5.74, 6) is 0.877. The number of methoxy groups -OCH3 is 1. The third kappa shape index (κ3) is 5.38. The summed E-state index contributed by atoms with van der Waals surface area (Å²) in [6.07, 6.45) is 0.806. The Kier molecular flexibility index (Phi) is 7.45. The van der Waals surface area contributed by atoms with Crippen molar-refractivity contribution < 1.29 is 13.9 Å². The van der Waals surface area contributed by atoms with E-state index >= 15 is 0 Å². The van der Waals surface area contributed by atoms with E-state index in [0.717, 1.165) is 23.1 Å². The summed E-state index contributed by atoms with van der Waals surface area (Å²) in [5, 5.41) is 2.98. The van der Waals surface area contributed by atoms with Gasteiger partial charge in [0.1, 0.15) is 17.0 Å². The number of carbonyl (C=O) groups excluding carboxylic acids is 1. The Labute approximate surface area is 258 Å². The van der Waals surface area contributed by atoms with Crippen molar-refractivity contribution in [3.05, 3.63) is 143 Å². The number of rotatable bonds is 9. The largest absolute Gasteiger partial charge is 0.465 e. The molecule has 0 aliphatic heterocycles. The molecule has 8 heteroatoms. The normalized spacial score (nSPS) is 11.3. The van der Waals surface area contributed by atoms with Gasteiger partial charge in [-0.2, -0.15) is 0 Å². The number of para-hydroxylation sites is 1. The van der Waals surface area contributed by atoms with Crippen LogP contribution in [0.2, 0.25) is 0 Å². The van der Waals surface area contributed by atoms with Crippen LogP contribution in [0.25, 0.3) is 45.0 Å². The topological polar surface area (TPSA) is 99.6 Å². The van der Waals surface area contributed by atoms with E-state index in [1.54, 1.807) is 36.4 Å². The second-order valence-electron chi connectivity index (χ2n) is 10.8. The fourth-order valence-electron chi connectivity index (χ4n) is 5.87. The molecule has 0 amide bonds. The van der Waals surface area contributed by atoms with Gasteiger partial charge in [-0.25, -0.2) is 14.8 Å². The molecule has 0 aliphatic carbocycles. The minimum atomic E-state index is -0.418. The molecule has 0 bridgehead atoms. The van der Waals surface area contributed by atoms with E-state index < -0.39 is 5.97 Å². The van der Waals surface area contributed by atoms with Gasteiger partial charge in [-0.3, -0.25) is 0 Å². The maximum absolute atomic E-state index is 12.4. The molecule has 0 fully saturated rings. The number of carbonyl (C=O) groups is 1. The van der Waals surface area contributed by atoms with Crippen molar-refractivity contribution >= 4 is 33.8 Å². The lowest BCUT2D eigenvalue weighted by Crippen LogP contribution is -2.08. The Morgan fingerprint density at radius 1 is 0.822 bits per heavy atom. The summed E-state index contributed by atoms with van der Waals surface area (Å²) >= 11 is 0. The Hall–Kier alpha value is -5.89. The quantitative estimate of drug-likeness (QED) is 0.123. The van der Waals surface area contributed by atoms with Crippen LogP contribution in [0.5, 0.6) is 0 Å². The first-order valence-corrected chi connectivity index (χ1v) is 14.6. The maximum Gasteiger partial charge on any atom is 0.337 e. The van der Waals surface area contributed by atoms with E-state index in [2.05, 4.69) is 58.3 Å². The fourth-order valence-corrected chi connectivity index (χ4v) is 5.87. The molecule has 0 saturated heterocycles. The summed E-state index contributed by atoms with van der Waals surface area (Å²) in [4.78, 5) is 33.1. The number of aromatic nitrogens is 3. The molecular weight excluding hydrogens is 564 g/mol. The first kappa shape index (κ1) is 27.9. The molecule has 0 unspecified atom stereocenters. The van der Waals surface area contributed by atoms with Crippen LogP contribution in [0.15, 0.2) is 131 Å². The highest BCUT2D eigenvalue weighted by Crippen LogP contribution is 2.36. The lowest BCUT2D eigenvalue weighted by Gasteiger charge is -2.19. The van der Waals surface area contributed by atoms with Gasteiger partial charge < -0.3 is 13.7 Å². The Morgan fingerprint density at radius 3 is 2.20 bits per heavy atom. The molecule has 5 aromatic carbocycles. The minimum Gasteiger partial charge on any atom is -0.465 e. The van der Waals surface area contributed by atoms with Gasteiger partial charge in [0, 0.05) is 18.0 Å². The highest BCUT2D eigenvalue weighted by molar-refractivity contribution is 5.96. The molecule has 0 aliphatic rings. The molecule has 2 aromatic heterocycles. The maximum atomic E-state index is 12.4. The zero-order valence-corrected chi connectivity index (χ0v) is 24.5. The van der Waals surface area contributed by atoms with Crippen LogP contribution >= 0.6 is 0 Å². The van der Waals surface area contributed by atoms with E-state index in [1.165, 1.54) is 18.2 Å². The molecule has 0 saturated carbocycles. The van der Waals surface area contributed by atoms with Crippen LogP contribution < -0.4 is 0 Å². The van der Waals surface area contributed by atoms with Gasteiger partial charge in [0.25, 0.3) is 0 Å². The van der Waals surface area contributed by atoms with Crippen LogP contribution in [0.3, 0.4) is 0 Å². The lowest BCUT2D eigenvalue weighted by molar-refractivity contribution is 0.0601. The third-order valence-electron chi connectivity index (χ3n) is 8.09. The van der Waals surface area contributed by atoms with Crippen molar-refractivity contribution in [1.82, 2.24) is 14.5 Å². The summed E-state index contributed by atoms with van der Waals surface area (Å²) in [5.41, 5.74) is 7.60. The molecule has 0 atom stereocenters. The average molecular weight is 593 g/mol. The number of nitroso groups, excluding NO2 is 1. The smallest absolute Gasteiger partial charge is 0.337 e. The molecule has 2 heterocycles. The second kappa shape index (κ2) is 12.0. The number of aryl methyl sites for hydroxylation is 1. The van der Waals surface area contributed by atoms with E-state index in [0.29, 0.717) is 46.1 Å². The minimum absolute atomic E-state index is 0.156. The van der Waals surface area contributed by atoms with Crippen molar-refractivity contribution in [3.63, 3.8) is 0 Å². The molecular formula is C37H28N4O4. The summed E-state index contributed by atoms with van der Waals surface area (Å²) in [6, 6.07) is 39.1. The first-order chi connectivity index (χ1) is 22.1. The van der Waals surface area contributed by atoms with E-state index in [-0.39, 0.29) is 5.92 Å². The fraction of sp³-hybridized carbons (Fsp3) is 0.108. The number of benzene rings is 5. The second-order valence-corrected chi connectivity index (χ2v) is 10.8. The van der Waals surface area contributed by atoms with Gasteiger partial charge in [0.2, 0.25) is 5.89 Å². The average Bonchev–Trinajstić information content (AvgIpc) is 3.70. The van der Waals surface area contributed by atoms with E-state index in [1.807, 2.05) is 36.4 Å². The van der Waals surface area contributed by atoms with Crippen LogP contribution in [-0.4, -0.2) is 27.6 Å². The number of esters is 1. The zero-order valence-electron chi connectivity index (χ0n) is 24.5. The van der Waals surface area contributed by atoms with E-state index in [4.69, 9.17) is 19.1 Å². The molecule has 220 valence electrons. The monoisotopic (exact) mass is 592 g/mol. The van der Waals surface area contributed by atoms with Crippen LogP contribution in [0, 0.1) is 4.91 Å². The summed E-state index contributed by atoms with van der Waals surface area (Å²) < 4.78 is 13.5. The summed E-state index contributed by atoms with van der Waals surface area (Å²) in [6.45, 7) is 0.648. The highest BCUT2D eigenvalue weighted by atomic mass is 16.5. The van der Waals surface area contributed by atoms with Crippen molar-refractivity contribution in [3.8, 4) is 22.8 Å². The molecule has 0 spiro atoms.